The number of carbonyl (C=O) groups excluding carboxylic acids is 2. The number of unbranched alkanes of at least 4 members (excludes halogenated alkanes) is 2. The van der Waals surface area contributed by atoms with Crippen LogP contribution in [0.25, 0.3) is 0 Å². The lowest BCUT2D eigenvalue weighted by molar-refractivity contribution is -0.149. The summed E-state index contributed by atoms with van der Waals surface area (Å²) < 4.78 is -0.754. The van der Waals surface area contributed by atoms with Gasteiger partial charge in [-0.2, -0.15) is 0 Å². The van der Waals surface area contributed by atoms with Crippen LogP contribution in [0.2, 0.25) is 0 Å². The van der Waals surface area contributed by atoms with E-state index in [2.05, 4.69) is 13.5 Å². The van der Waals surface area contributed by atoms with E-state index in [1.54, 1.807) is 27.6 Å². The van der Waals surface area contributed by atoms with Crippen molar-refractivity contribution in [1.82, 2.24) is 4.90 Å². The molecule has 0 aromatic heterocycles. The van der Waals surface area contributed by atoms with Crippen LogP contribution in [-0.2, 0) is 14.4 Å². The molecule has 1 aromatic carbocycles. The number of aliphatic carboxylic acids is 1. The summed E-state index contributed by atoms with van der Waals surface area (Å²) in [5, 5.41) is 19.1. The fourth-order valence-corrected chi connectivity index (χ4v) is 8.90. The number of nitrogens with zero attached hydrogens (tertiary/aromatic N) is 2. The van der Waals surface area contributed by atoms with Crippen LogP contribution in [0.3, 0.4) is 0 Å². The highest BCUT2D eigenvalue weighted by Crippen LogP contribution is 2.68. The van der Waals surface area contributed by atoms with Gasteiger partial charge in [0.25, 0.3) is 5.91 Å². The molecular formula is C27H36N2O5S. The second-order valence-corrected chi connectivity index (χ2v) is 11.8. The van der Waals surface area contributed by atoms with Crippen molar-refractivity contribution in [2.45, 2.75) is 62.5 Å². The quantitative estimate of drug-likeness (QED) is 0.377. The highest BCUT2D eigenvalue weighted by Gasteiger charge is 2.76. The molecule has 3 saturated heterocycles. The first-order chi connectivity index (χ1) is 16.7. The summed E-state index contributed by atoms with van der Waals surface area (Å²) in [6, 6.07) is 5.24. The third-order valence-electron chi connectivity index (χ3n) is 8.05. The van der Waals surface area contributed by atoms with Crippen LogP contribution < -0.4 is 4.90 Å². The Hall–Kier alpha value is -2.32. The number of likely N-dealkylation sites (tertiary alicyclic amines) is 1. The second kappa shape index (κ2) is 9.97. The lowest BCUT2D eigenvalue weighted by atomic mass is 9.66. The first-order valence-corrected chi connectivity index (χ1v) is 13.4. The molecule has 8 heteroatoms. The van der Waals surface area contributed by atoms with Crippen LogP contribution in [0.15, 0.2) is 30.9 Å². The summed E-state index contributed by atoms with van der Waals surface area (Å²) >= 11 is 1.56. The molecule has 7 nitrogen and oxygen atoms in total. The first-order valence-electron chi connectivity index (χ1n) is 12.5. The SMILES string of the molecule is C=CCN(C(=O)C1N(CCCCCO)C(=O)[C@@H]2[C@H](C(=O)O)[C@@H]3CC(C)C12S3)c1cc(C)ccc1C. The van der Waals surface area contributed by atoms with E-state index in [1.165, 1.54) is 0 Å². The number of hydrogen-bond acceptors (Lipinski definition) is 5. The van der Waals surface area contributed by atoms with Gasteiger partial charge in [-0.25, -0.2) is 0 Å². The molecule has 3 unspecified atom stereocenters. The Morgan fingerprint density at radius 3 is 2.69 bits per heavy atom. The number of carboxylic acid groups (broad SMARTS) is 1. The van der Waals surface area contributed by atoms with Gasteiger partial charge in [-0.05, 0) is 62.6 Å². The summed E-state index contributed by atoms with van der Waals surface area (Å²) in [5.74, 6) is -2.74. The van der Waals surface area contributed by atoms with E-state index < -0.39 is 28.6 Å². The standard InChI is InChI=1S/C27H36N2O5S/c1-5-11-28(19-14-16(2)9-10-17(19)3)25(32)23-27-18(4)15-20(35-27)21(26(33)34)22(27)24(31)29(23)12-7-6-8-13-30/h5,9-10,14,18,20-23,30H,1,6-8,11-13,15H2,2-4H3,(H,33,34)/t18?,20-,21+,22-,23?,27?/m0/s1. The third-order valence-corrected chi connectivity index (χ3v) is 10.1. The number of amides is 2. The number of thioether (sulfide) groups is 1. The van der Waals surface area contributed by atoms with Gasteiger partial charge in [-0.3, -0.25) is 14.4 Å². The first kappa shape index (κ1) is 25.8. The Morgan fingerprint density at radius 2 is 2.03 bits per heavy atom. The third kappa shape index (κ3) is 4.08. The average Bonchev–Trinajstić information content (AvgIpc) is 3.40. The van der Waals surface area contributed by atoms with E-state index >= 15 is 0 Å². The molecule has 35 heavy (non-hydrogen) atoms. The van der Waals surface area contributed by atoms with Gasteiger partial charge in [0.1, 0.15) is 6.04 Å². The number of carboxylic acids is 1. The number of rotatable bonds is 10. The molecule has 0 aliphatic carbocycles. The molecule has 2 amide bonds. The lowest BCUT2D eigenvalue weighted by Gasteiger charge is -2.40. The minimum atomic E-state index is -0.944. The molecule has 3 heterocycles. The molecule has 3 aliphatic rings. The molecule has 6 atom stereocenters. The number of hydrogen-bond donors (Lipinski definition) is 2. The van der Waals surface area contributed by atoms with Gasteiger partial charge in [-0.15, -0.1) is 18.3 Å². The predicted octanol–water partition coefficient (Wildman–Crippen LogP) is 3.41. The summed E-state index contributed by atoms with van der Waals surface area (Å²) in [4.78, 5) is 44.0. The number of aryl methyl sites for hydroxylation is 2. The van der Waals surface area contributed by atoms with Crippen LogP contribution >= 0.6 is 11.8 Å². The Bertz CT molecular complexity index is 1030. The van der Waals surface area contributed by atoms with Crippen molar-refractivity contribution < 1.29 is 24.6 Å². The maximum Gasteiger partial charge on any atom is 0.308 e. The highest BCUT2D eigenvalue weighted by atomic mass is 32.2. The minimum absolute atomic E-state index is 0.0441. The van der Waals surface area contributed by atoms with E-state index in [9.17, 15) is 24.6 Å². The van der Waals surface area contributed by atoms with E-state index in [4.69, 9.17) is 0 Å². The van der Waals surface area contributed by atoms with E-state index in [1.807, 2.05) is 32.0 Å². The Kier molecular flexibility index (Phi) is 7.34. The zero-order valence-corrected chi connectivity index (χ0v) is 21.6. The van der Waals surface area contributed by atoms with E-state index in [-0.39, 0.29) is 29.6 Å². The lowest BCUT2D eigenvalue weighted by Crippen LogP contribution is -2.57. The molecule has 0 radical (unpaired) electrons. The topological polar surface area (TPSA) is 98.2 Å². The molecule has 4 rings (SSSR count). The van der Waals surface area contributed by atoms with Crippen molar-refractivity contribution >= 4 is 35.2 Å². The summed E-state index contributed by atoms with van der Waals surface area (Å²) in [6.45, 7) is 10.6. The molecular weight excluding hydrogens is 464 g/mol. The summed E-state index contributed by atoms with van der Waals surface area (Å²) in [6.07, 6.45) is 4.41. The number of aliphatic hydroxyl groups excluding tert-OH is 1. The van der Waals surface area contributed by atoms with Crippen molar-refractivity contribution in [3.05, 3.63) is 42.0 Å². The predicted molar refractivity (Wildman–Crippen MR) is 137 cm³/mol. The zero-order valence-electron chi connectivity index (χ0n) is 20.8. The van der Waals surface area contributed by atoms with Gasteiger partial charge in [-0.1, -0.05) is 25.1 Å². The van der Waals surface area contributed by atoms with Crippen LogP contribution in [0.4, 0.5) is 5.69 Å². The Labute approximate surface area is 211 Å². The maximum atomic E-state index is 14.5. The van der Waals surface area contributed by atoms with Gasteiger partial charge >= 0.3 is 5.97 Å². The van der Waals surface area contributed by atoms with Gasteiger partial charge < -0.3 is 20.0 Å². The summed E-state index contributed by atoms with van der Waals surface area (Å²) in [5.41, 5.74) is 2.78. The Balaban J connectivity index is 1.79. The van der Waals surface area contributed by atoms with Crippen LogP contribution in [-0.4, -0.2) is 68.6 Å². The van der Waals surface area contributed by atoms with Gasteiger partial charge in [0.2, 0.25) is 5.91 Å². The van der Waals surface area contributed by atoms with Crippen molar-refractivity contribution in [1.29, 1.82) is 0 Å². The molecule has 2 N–H and O–H groups in total. The monoisotopic (exact) mass is 500 g/mol. The van der Waals surface area contributed by atoms with Crippen molar-refractivity contribution in [3.8, 4) is 0 Å². The fraction of sp³-hybridized carbons (Fsp3) is 0.593. The normalized spacial score (nSPS) is 31.0. The number of carbonyl (C=O) groups is 3. The molecule has 190 valence electrons. The van der Waals surface area contributed by atoms with Gasteiger partial charge in [0.05, 0.1) is 16.6 Å². The maximum absolute atomic E-state index is 14.5. The number of benzene rings is 1. The smallest absolute Gasteiger partial charge is 0.308 e. The molecule has 3 aliphatic heterocycles. The van der Waals surface area contributed by atoms with E-state index in [0.717, 1.165) is 23.2 Å². The van der Waals surface area contributed by atoms with Gasteiger partial charge in [0, 0.05) is 30.6 Å². The van der Waals surface area contributed by atoms with Crippen LogP contribution in [0, 0.1) is 31.6 Å². The largest absolute Gasteiger partial charge is 0.481 e. The molecule has 3 fully saturated rings. The minimum Gasteiger partial charge on any atom is -0.481 e. The molecule has 1 spiro atoms. The van der Waals surface area contributed by atoms with Crippen LogP contribution in [0.1, 0.15) is 43.7 Å². The second-order valence-electron chi connectivity index (χ2n) is 10.2. The van der Waals surface area contributed by atoms with E-state index in [0.29, 0.717) is 32.4 Å². The number of fused-ring (bicyclic) bond motifs is 1. The number of anilines is 1. The van der Waals surface area contributed by atoms with Crippen molar-refractivity contribution in [2.75, 3.05) is 24.6 Å². The zero-order chi connectivity index (χ0) is 25.5. The summed E-state index contributed by atoms with van der Waals surface area (Å²) in [7, 11) is 0. The molecule has 0 saturated carbocycles. The van der Waals surface area contributed by atoms with Crippen molar-refractivity contribution in [3.63, 3.8) is 0 Å². The van der Waals surface area contributed by atoms with Crippen molar-refractivity contribution in [2.24, 2.45) is 17.8 Å². The number of aliphatic hydroxyl groups is 1. The Morgan fingerprint density at radius 1 is 1.29 bits per heavy atom. The molecule has 1 aromatic rings. The highest BCUT2D eigenvalue weighted by molar-refractivity contribution is 8.02. The molecule has 2 bridgehead atoms. The fourth-order valence-electron chi connectivity index (χ4n) is 6.49. The van der Waals surface area contributed by atoms with Crippen LogP contribution in [0.5, 0.6) is 0 Å². The average molecular weight is 501 g/mol. The van der Waals surface area contributed by atoms with Gasteiger partial charge in [0.15, 0.2) is 0 Å².